The molecule has 0 unspecified atom stereocenters. The van der Waals surface area contributed by atoms with Crippen LogP contribution in [0.2, 0.25) is 43.8 Å². The summed E-state index contributed by atoms with van der Waals surface area (Å²) in [6.07, 6.45) is 0. The first-order chi connectivity index (χ1) is 5.88. The Kier molecular flexibility index (Phi) is 42.8. The van der Waals surface area contributed by atoms with Crippen LogP contribution >= 0.6 is 0 Å². The molecule has 0 heterocycles. The van der Waals surface area contributed by atoms with Gasteiger partial charge in [0.15, 0.2) is 0 Å². The van der Waals surface area contributed by atoms with Crippen molar-refractivity contribution < 1.29 is 22.6 Å². The van der Waals surface area contributed by atoms with Gasteiger partial charge in [-0.1, -0.05) is 0 Å². The van der Waals surface area contributed by atoms with Crippen LogP contribution in [-0.4, -0.2) is 35.8 Å². The second-order valence-electron chi connectivity index (χ2n) is 4.82. The van der Waals surface area contributed by atoms with Crippen molar-refractivity contribution in [2.45, 2.75) is 57.7 Å². The van der Waals surface area contributed by atoms with Gasteiger partial charge in [0, 0.05) is 0 Å². The maximum absolute atomic E-state index is 2.35. The third kappa shape index (κ3) is 159. The van der Waals surface area contributed by atoms with Crippen molar-refractivity contribution in [3.8, 4) is 0 Å². The van der Waals surface area contributed by atoms with Gasteiger partial charge in [0.1, 0.15) is 0 Å². The summed E-state index contributed by atoms with van der Waals surface area (Å²) in [5.74, 6) is 6.92. The van der Waals surface area contributed by atoms with Crippen molar-refractivity contribution in [2.75, 3.05) is 0 Å². The Morgan fingerprint density at radius 1 is 0.929 bits per heavy atom. The second-order valence-corrected chi connectivity index (χ2v) is 21.2. The van der Waals surface area contributed by atoms with Crippen molar-refractivity contribution in [1.29, 1.82) is 0 Å². The molecule has 0 spiro atoms. The van der Waals surface area contributed by atoms with Gasteiger partial charge in [0.05, 0.1) is 0 Å². The van der Waals surface area contributed by atoms with Gasteiger partial charge in [0.25, 0.3) is 14.1 Å². The summed E-state index contributed by atoms with van der Waals surface area (Å²) < 4.78 is 0. The summed E-state index contributed by atoms with van der Waals surface area (Å²) in [7, 11) is 0. The van der Waals surface area contributed by atoms with E-state index in [0.29, 0.717) is 0 Å². The molecule has 0 aromatic rings. The zero-order valence-corrected chi connectivity index (χ0v) is 18.3. The van der Waals surface area contributed by atoms with Crippen LogP contribution in [-0.2, 0) is 17.1 Å². The average Bonchev–Trinajstić information content (AvgIpc) is 1.86. The minimum atomic E-state index is -0.479. The Morgan fingerprint density at radius 3 is 1.07 bits per heavy atom. The van der Waals surface area contributed by atoms with Crippen molar-refractivity contribution in [1.82, 2.24) is 0 Å². The van der Waals surface area contributed by atoms with E-state index in [0.717, 1.165) is 0 Å². The maximum atomic E-state index is 2.35. The van der Waals surface area contributed by atoms with Crippen LogP contribution in [0.15, 0.2) is 0 Å². The fraction of sp³-hybridized carbons (Fsp3) is 1.00. The fourth-order valence-corrected chi connectivity index (χ4v) is 1.84. The Hall–Kier alpha value is 1.75. The van der Waals surface area contributed by atoms with E-state index in [-0.39, 0.29) is 36.8 Å². The van der Waals surface area contributed by atoms with E-state index in [1.807, 2.05) is 0 Å². The number of rotatable bonds is 2. The molecule has 1 nitrogen and oxygen atoms in total. The van der Waals surface area contributed by atoms with Crippen molar-refractivity contribution in [3.05, 3.63) is 0 Å². The van der Waals surface area contributed by atoms with Gasteiger partial charge >= 0.3 is 73.7 Å². The van der Waals surface area contributed by atoms with Crippen molar-refractivity contribution in [2.24, 2.45) is 0 Å². The molecular weight excluding hydrogens is 298 g/mol. The van der Waals surface area contributed by atoms with Gasteiger partial charge in [-0.05, 0) is 0 Å². The van der Waals surface area contributed by atoms with Gasteiger partial charge < -0.3 is 5.48 Å². The quantitative estimate of drug-likeness (QED) is 0.689. The summed E-state index contributed by atoms with van der Waals surface area (Å²) in [6, 6.07) is 0. The zero-order chi connectivity index (χ0) is 11.3. The molecule has 0 amide bonds. The molecule has 4 heteroatoms. The fourth-order valence-electron chi connectivity index (χ4n) is 0.354. The van der Waals surface area contributed by atoms with Crippen LogP contribution in [0.25, 0.3) is 0 Å². The van der Waals surface area contributed by atoms with E-state index < -0.39 is 16.2 Å². The van der Waals surface area contributed by atoms with E-state index in [2.05, 4.69) is 47.6 Å². The molecule has 2 N–H and O–H groups in total. The Morgan fingerprint density at radius 2 is 1.07 bits per heavy atom. The summed E-state index contributed by atoms with van der Waals surface area (Å²) in [4.78, 5) is 0. The Labute approximate surface area is 110 Å². The Balaban J connectivity index is -0.0000000522. The number of hydrogen-bond donors (Lipinski definition) is 0. The van der Waals surface area contributed by atoms with Gasteiger partial charge in [-0.25, -0.2) is 0 Å². The standard InChI is InChI=1S/2C2H5.6CH3.Al.Ga.H2O.Zn/c2*1-2;;;;;;;;;;/h2*1H2,2H3;6*1H3;;;1H2;. The SMILES string of the molecule is C[CH2][Zn][CH2]C.O.[CH3][Al]([CH3])[CH3].[CH3][Ga]([CH3])[CH3]. The molecule has 14 heavy (non-hydrogen) atoms. The molecular formula is C10H30AlGaOZn. The predicted molar refractivity (Wildman–Crippen MR) is 71.3 cm³/mol. The molecule has 84 valence electrons. The third-order valence-electron chi connectivity index (χ3n) is 0.707. The van der Waals surface area contributed by atoms with Crippen LogP contribution in [0.1, 0.15) is 13.8 Å². The summed E-state index contributed by atoms with van der Waals surface area (Å²) in [5.41, 5.74) is 7.06. The minimum absolute atomic E-state index is 0. The van der Waals surface area contributed by atoms with Crippen LogP contribution in [0.5, 0.6) is 0 Å². The summed E-state index contributed by atoms with van der Waals surface area (Å²) >= 11 is -0.521. The molecule has 0 aliphatic carbocycles. The van der Waals surface area contributed by atoms with Crippen LogP contribution < -0.4 is 0 Å². The van der Waals surface area contributed by atoms with Gasteiger partial charge in [-0.3, -0.25) is 0 Å². The monoisotopic (exact) mass is 326 g/mol. The molecule has 0 saturated carbocycles. The van der Waals surface area contributed by atoms with E-state index in [1.54, 1.807) is 0 Å². The van der Waals surface area contributed by atoms with E-state index in [4.69, 9.17) is 0 Å². The summed E-state index contributed by atoms with van der Waals surface area (Å²) in [6.45, 7) is 4.59. The first kappa shape index (κ1) is 24.8. The molecule has 0 aromatic heterocycles. The predicted octanol–water partition coefficient (Wildman–Crippen LogP) is 3.86. The molecule has 0 rings (SSSR count). The second kappa shape index (κ2) is 24.1. The molecule has 0 bridgehead atoms. The van der Waals surface area contributed by atoms with Crippen LogP contribution in [0, 0.1) is 0 Å². The summed E-state index contributed by atoms with van der Waals surface area (Å²) in [5, 5.41) is 3.06. The van der Waals surface area contributed by atoms with Gasteiger partial charge in [-0.15, -0.1) is 17.4 Å². The molecule has 0 aliphatic rings. The zero-order valence-electron chi connectivity index (χ0n) is 11.8. The first-order valence-corrected chi connectivity index (χ1v) is 20.8. The first-order valence-electron chi connectivity index (χ1n) is 5.88. The van der Waals surface area contributed by atoms with E-state index >= 15 is 0 Å². The van der Waals surface area contributed by atoms with Crippen molar-refractivity contribution >= 4 is 30.4 Å². The average molecular weight is 328 g/mol. The molecule has 0 saturated heterocycles. The normalized spacial score (nSPS) is 6.29. The molecule has 0 fully saturated rings. The molecule has 0 radical (unpaired) electrons. The van der Waals surface area contributed by atoms with Crippen LogP contribution in [0.4, 0.5) is 0 Å². The number of hydrogen-bond acceptors (Lipinski definition) is 0. The third-order valence-corrected chi connectivity index (χ3v) is 3.67. The van der Waals surface area contributed by atoms with E-state index in [1.165, 1.54) is 10.0 Å². The molecule has 0 aromatic carbocycles. The van der Waals surface area contributed by atoms with E-state index in [9.17, 15) is 0 Å². The topological polar surface area (TPSA) is 31.5 Å². The van der Waals surface area contributed by atoms with Crippen LogP contribution in [0.3, 0.4) is 0 Å². The van der Waals surface area contributed by atoms with Gasteiger partial charge in [-0.2, -0.15) is 0 Å². The van der Waals surface area contributed by atoms with Gasteiger partial charge in [0.2, 0.25) is 0 Å². The molecule has 0 aliphatic heterocycles. The van der Waals surface area contributed by atoms with Crippen molar-refractivity contribution in [3.63, 3.8) is 0 Å². The Bertz CT molecular complexity index is 59.6. The molecule has 0 atom stereocenters.